The number of nitrogens with one attached hydrogen (secondary N) is 1. The van der Waals surface area contributed by atoms with Crippen molar-refractivity contribution in [3.63, 3.8) is 0 Å². The van der Waals surface area contributed by atoms with E-state index in [1.807, 2.05) is 5.32 Å². The van der Waals surface area contributed by atoms with Crippen LogP contribution in [-0.2, 0) is 15.8 Å². The second-order valence-electron chi connectivity index (χ2n) is 4.32. The van der Waals surface area contributed by atoms with Crippen molar-refractivity contribution >= 4 is 17.7 Å². The van der Waals surface area contributed by atoms with Gasteiger partial charge in [0.25, 0.3) is 5.91 Å². The van der Waals surface area contributed by atoms with Crippen LogP contribution in [0, 0.1) is 5.82 Å². The van der Waals surface area contributed by atoms with Crippen molar-refractivity contribution < 1.29 is 31.9 Å². The third-order valence-corrected chi connectivity index (χ3v) is 2.75. The minimum atomic E-state index is -4.95. The number of piperazine rings is 1. The van der Waals surface area contributed by atoms with Crippen LogP contribution in [0.15, 0.2) is 18.2 Å². The summed E-state index contributed by atoms with van der Waals surface area (Å²) >= 11 is 0. The summed E-state index contributed by atoms with van der Waals surface area (Å²) in [5, 5.41) is 1.95. The first-order chi connectivity index (χ1) is 9.68. The zero-order valence-electron chi connectivity index (χ0n) is 10.3. The molecular formula is C12H8F4N2O3. The quantitative estimate of drug-likeness (QED) is 0.620. The number of amides is 3. The van der Waals surface area contributed by atoms with Gasteiger partial charge in [-0.1, -0.05) is 0 Å². The lowest BCUT2D eigenvalue weighted by Crippen LogP contribution is -2.53. The number of nitrogens with zero attached hydrogens (tertiary/aromatic N) is 1. The molecule has 0 aromatic heterocycles. The van der Waals surface area contributed by atoms with Gasteiger partial charge < -0.3 is 4.90 Å². The zero-order valence-corrected chi connectivity index (χ0v) is 10.3. The minimum absolute atomic E-state index is 0.356. The van der Waals surface area contributed by atoms with Crippen LogP contribution in [0.1, 0.15) is 15.9 Å². The van der Waals surface area contributed by atoms with E-state index in [0.717, 1.165) is 11.0 Å². The van der Waals surface area contributed by atoms with E-state index in [1.165, 1.54) is 0 Å². The Morgan fingerprint density at radius 2 is 1.71 bits per heavy atom. The van der Waals surface area contributed by atoms with Crippen molar-refractivity contribution in [3.05, 3.63) is 35.1 Å². The van der Waals surface area contributed by atoms with Gasteiger partial charge in [0.1, 0.15) is 18.9 Å². The van der Waals surface area contributed by atoms with Crippen LogP contribution in [0.2, 0.25) is 0 Å². The lowest BCUT2D eigenvalue weighted by molar-refractivity contribution is -0.140. The molecule has 0 bridgehead atoms. The third-order valence-electron chi connectivity index (χ3n) is 2.75. The lowest BCUT2D eigenvalue weighted by atomic mass is 10.1. The summed E-state index contributed by atoms with van der Waals surface area (Å²) < 4.78 is 50.9. The summed E-state index contributed by atoms with van der Waals surface area (Å²) in [5.41, 5.74) is -2.03. The molecule has 1 aromatic carbocycles. The molecule has 112 valence electrons. The van der Waals surface area contributed by atoms with Crippen molar-refractivity contribution in [2.45, 2.75) is 6.18 Å². The predicted octanol–water partition coefficient (Wildman–Crippen LogP) is 0.943. The van der Waals surface area contributed by atoms with E-state index in [-0.39, 0.29) is 0 Å². The summed E-state index contributed by atoms with van der Waals surface area (Å²) in [4.78, 5) is 35.0. The fourth-order valence-corrected chi connectivity index (χ4v) is 1.84. The molecule has 0 atom stereocenters. The molecule has 0 radical (unpaired) electrons. The van der Waals surface area contributed by atoms with Crippen LogP contribution >= 0.6 is 0 Å². The number of carbonyl (C=O) groups is 3. The van der Waals surface area contributed by atoms with Crippen LogP contribution in [0.3, 0.4) is 0 Å². The Bertz CT molecular complexity index is 611. The van der Waals surface area contributed by atoms with E-state index in [9.17, 15) is 31.9 Å². The summed E-state index contributed by atoms with van der Waals surface area (Å²) in [6, 6.07) is 1.74. The van der Waals surface area contributed by atoms with Crippen LogP contribution < -0.4 is 5.32 Å². The molecule has 1 N–H and O–H groups in total. The number of halogens is 4. The molecule has 1 heterocycles. The summed E-state index contributed by atoms with van der Waals surface area (Å²) in [6.07, 6.45) is -4.95. The van der Waals surface area contributed by atoms with E-state index in [2.05, 4.69) is 0 Å². The summed E-state index contributed by atoms with van der Waals surface area (Å²) in [6.45, 7) is -0.910. The fourth-order valence-electron chi connectivity index (χ4n) is 1.84. The molecule has 0 aliphatic carbocycles. The summed E-state index contributed by atoms with van der Waals surface area (Å²) in [7, 11) is 0. The Morgan fingerprint density at radius 1 is 1.14 bits per heavy atom. The Hall–Kier alpha value is -2.45. The second-order valence-corrected chi connectivity index (χ2v) is 4.32. The van der Waals surface area contributed by atoms with Crippen molar-refractivity contribution in [1.82, 2.24) is 10.2 Å². The molecule has 1 aliphatic heterocycles. The van der Waals surface area contributed by atoms with Gasteiger partial charge in [-0.25, -0.2) is 4.39 Å². The SMILES string of the molecule is O=C1CN(C(=O)c2ccc(F)c(C(F)(F)F)c2)CC(=O)N1. The van der Waals surface area contributed by atoms with Crippen molar-refractivity contribution in [1.29, 1.82) is 0 Å². The van der Waals surface area contributed by atoms with Crippen LogP contribution in [0.5, 0.6) is 0 Å². The molecule has 1 fully saturated rings. The van der Waals surface area contributed by atoms with E-state index in [4.69, 9.17) is 0 Å². The maximum absolute atomic E-state index is 13.1. The number of hydrogen-bond acceptors (Lipinski definition) is 3. The number of hydrogen-bond donors (Lipinski definition) is 1. The molecule has 5 nitrogen and oxygen atoms in total. The van der Waals surface area contributed by atoms with E-state index >= 15 is 0 Å². The lowest BCUT2D eigenvalue weighted by Gasteiger charge is -2.25. The van der Waals surface area contributed by atoms with E-state index in [1.54, 1.807) is 0 Å². The van der Waals surface area contributed by atoms with Gasteiger partial charge in [0.15, 0.2) is 0 Å². The maximum atomic E-state index is 13.1. The van der Waals surface area contributed by atoms with E-state index < -0.39 is 53.9 Å². The van der Waals surface area contributed by atoms with Crippen LogP contribution in [0.25, 0.3) is 0 Å². The number of carbonyl (C=O) groups excluding carboxylic acids is 3. The molecule has 2 rings (SSSR count). The normalized spacial score (nSPS) is 15.9. The van der Waals surface area contributed by atoms with E-state index in [0.29, 0.717) is 12.1 Å². The largest absolute Gasteiger partial charge is 0.419 e. The molecule has 9 heteroatoms. The Morgan fingerprint density at radius 3 is 2.24 bits per heavy atom. The van der Waals surface area contributed by atoms with Gasteiger partial charge in [0.2, 0.25) is 11.8 Å². The molecular weight excluding hydrogens is 296 g/mol. The van der Waals surface area contributed by atoms with Gasteiger partial charge in [0, 0.05) is 5.56 Å². The Balaban J connectivity index is 2.32. The monoisotopic (exact) mass is 304 g/mol. The first kappa shape index (κ1) is 14.9. The molecule has 0 saturated carbocycles. The van der Waals surface area contributed by atoms with Crippen LogP contribution in [0.4, 0.5) is 17.6 Å². The highest BCUT2D eigenvalue weighted by molar-refractivity contribution is 6.05. The highest BCUT2D eigenvalue weighted by Gasteiger charge is 2.35. The standard InChI is InChI=1S/C12H8F4N2O3/c13-8-2-1-6(3-7(8)12(14,15)16)11(21)18-4-9(19)17-10(20)5-18/h1-3H,4-5H2,(H,17,19,20). The second kappa shape index (κ2) is 5.15. The number of rotatable bonds is 1. The van der Waals surface area contributed by atoms with Crippen molar-refractivity contribution in [2.75, 3.05) is 13.1 Å². The minimum Gasteiger partial charge on any atom is -0.320 e. The van der Waals surface area contributed by atoms with Gasteiger partial charge in [0.05, 0.1) is 5.56 Å². The topological polar surface area (TPSA) is 66.5 Å². The molecule has 0 unspecified atom stereocenters. The van der Waals surface area contributed by atoms with Gasteiger partial charge in [-0.15, -0.1) is 0 Å². The van der Waals surface area contributed by atoms with Gasteiger partial charge in [-0.3, -0.25) is 19.7 Å². The average Bonchev–Trinajstić information content (AvgIpc) is 2.36. The number of alkyl halides is 3. The fraction of sp³-hybridized carbons (Fsp3) is 0.250. The Kier molecular flexibility index (Phi) is 3.67. The molecule has 1 aliphatic rings. The number of imide groups is 1. The van der Waals surface area contributed by atoms with Gasteiger partial charge >= 0.3 is 6.18 Å². The van der Waals surface area contributed by atoms with Gasteiger partial charge in [-0.2, -0.15) is 13.2 Å². The predicted molar refractivity (Wildman–Crippen MR) is 60.5 cm³/mol. The molecule has 0 spiro atoms. The van der Waals surface area contributed by atoms with Gasteiger partial charge in [-0.05, 0) is 18.2 Å². The first-order valence-electron chi connectivity index (χ1n) is 5.67. The maximum Gasteiger partial charge on any atom is 0.419 e. The molecule has 1 saturated heterocycles. The van der Waals surface area contributed by atoms with Crippen LogP contribution in [-0.4, -0.2) is 35.7 Å². The highest BCUT2D eigenvalue weighted by atomic mass is 19.4. The smallest absolute Gasteiger partial charge is 0.320 e. The van der Waals surface area contributed by atoms with Crippen molar-refractivity contribution in [2.24, 2.45) is 0 Å². The average molecular weight is 304 g/mol. The highest BCUT2D eigenvalue weighted by Crippen LogP contribution is 2.32. The first-order valence-corrected chi connectivity index (χ1v) is 5.67. The third kappa shape index (κ3) is 3.18. The molecule has 3 amide bonds. The Labute approximate surface area is 115 Å². The summed E-state index contributed by atoms with van der Waals surface area (Å²) in [5.74, 6) is -3.94. The zero-order chi connectivity index (χ0) is 15.8. The molecule has 21 heavy (non-hydrogen) atoms. The number of benzene rings is 1. The van der Waals surface area contributed by atoms with Crippen molar-refractivity contribution in [3.8, 4) is 0 Å². The molecule has 1 aromatic rings.